The zero-order valence-corrected chi connectivity index (χ0v) is 24.9. The van der Waals surface area contributed by atoms with Crippen LogP contribution < -0.4 is 10.9 Å². The van der Waals surface area contributed by atoms with Gasteiger partial charge in [0.15, 0.2) is 8.64 Å². The third kappa shape index (κ3) is 14.7. The molecule has 4 rings (SSSR count). The quantitative estimate of drug-likeness (QED) is 0.0989. The van der Waals surface area contributed by atoms with Crippen LogP contribution in [0.15, 0.2) is 120 Å². The predicted octanol–water partition coefficient (Wildman–Crippen LogP) is 6.44. The Balaban J connectivity index is 0.000000267. The smallest absolute Gasteiger partial charge is 0.154 e. The second kappa shape index (κ2) is 20.0. The number of nitrogens with one attached hydrogen (secondary N) is 2. The fourth-order valence-electron chi connectivity index (χ4n) is 2.72. The summed E-state index contributed by atoms with van der Waals surface area (Å²) in [5, 5.41) is 8.11. The summed E-state index contributed by atoms with van der Waals surface area (Å²) in [7, 11) is 0. The van der Waals surface area contributed by atoms with Crippen LogP contribution in [0.25, 0.3) is 0 Å². The molecule has 0 spiro atoms. The van der Waals surface area contributed by atoms with E-state index < -0.39 is 0 Å². The van der Waals surface area contributed by atoms with Crippen LogP contribution in [-0.4, -0.2) is 31.0 Å². The van der Waals surface area contributed by atoms with Crippen LogP contribution in [-0.2, 0) is 28.6 Å². The Kier molecular flexibility index (Phi) is 16.6. The van der Waals surface area contributed by atoms with E-state index in [4.69, 9.17) is 24.4 Å². The molecule has 203 valence electrons. The SMILES string of the molecule is S=C(NN=Cc1ccccn1)SCc1ccccc1.S=C(NN=Cc1ccccn1)SCc1ccccc1.[Cu]. The van der Waals surface area contributed by atoms with Gasteiger partial charge in [-0.2, -0.15) is 10.2 Å². The largest absolute Gasteiger partial charge is 0.262 e. The van der Waals surface area contributed by atoms with Crippen molar-refractivity contribution in [3.63, 3.8) is 0 Å². The first kappa shape index (κ1) is 32.3. The molecule has 39 heavy (non-hydrogen) atoms. The minimum Gasteiger partial charge on any atom is -0.262 e. The molecule has 11 heteroatoms. The van der Waals surface area contributed by atoms with Gasteiger partial charge in [0, 0.05) is 41.0 Å². The average Bonchev–Trinajstić information content (AvgIpc) is 2.98. The number of benzene rings is 2. The van der Waals surface area contributed by atoms with Crippen LogP contribution in [0.1, 0.15) is 22.5 Å². The third-order valence-corrected chi connectivity index (χ3v) is 7.06. The molecule has 0 aliphatic carbocycles. The fraction of sp³-hybridized carbons (Fsp3) is 0.0714. The molecule has 1 radical (unpaired) electrons. The van der Waals surface area contributed by atoms with E-state index >= 15 is 0 Å². The second-order valence-corrected chi connectivity index (χ2v) is 10.7. The molecule has 2 heterocycles. The summed E-state index contributed by atoms with van der Waals surface area (Å²) in [5.74, 6) is 1.68. The number of hydrazone groups is 2. The Bertz CT molecular complexity index is 1190. The van der Waals surface area contributed by atoms with Crippen molar-refractivity contribution in [1.82, 2.24) is 20.8 Å². The molecule has 0 saturated carbocycles. The maximum atomic E-state index is 5.19. The molecule has 2 N–H and O–H groups in total. The molecule has 4 aromatic rings. The molecular weight excluding hydrogens is 612 g/mol. The maximum absolute atomic E-state index is 5.19. The Labute approximate surface area is 259 Å². The van der Waals surface area contributed by atoms with Gasteiger partial charge in [-0.05, 0) is 35.4 Å². The van der Waals surface area contributed by atoms with Crippen molar-refractivity contribution in [2.45, 2.75) is 11.5 Å². The molecule has 0 saturated heterocycles. The van der Waals surface area contributed by atoms with E-state index in [-0.39, 0.29) is 17.1 Å². The summed E-state index contributed by atoms with van der Waals surface area (Å²) in [6.45, 7) is 0. The number of thioether (sulfide) groups is 2. The summed E-state index contributed by atoms with van der Waals surface area (Å²) < 4.78 is 1.30. The van der Waals surface area contributed by atoms with E-state index in [1.54, 1.807) is 48.3 Å². The molecular formula is C28H26CuN6S4. The topological polar surface area (TPSA) is 74.6 Å². The van der Waals surface area contributed by atoms with Crippen molar-refractivity contribution < 1.29 is 17.1 Å². The molecule has 6 nitrogen and oxygen atoms in total. The number of rotatable bonds is 8. The van der Waals surface area contributed by atoms with Gasteiger partial charge in [-0.3, -0.25) is 20.8 Å². The normalized spacial score (nSPS) is 10.3. The zero-order valence-electron chi connectivity index (χ0n) is 20.7. The van der Waals surface area contributed by atoms with E-state index in [1.165, 1.54) is 11.1 Å². The first-order valence-electron chi connectivity index (χ1n) is 11.5. The van der Waals surface area contributed by atoms with E-state index in [1.807, 2.05) is 72.8 Å². The van der Waals surface area contributed by atoms with E-state index in [2.05, 4.69) is 55.3 Å². The molecule has 0 amide bonds. The van der Waals surface area contributed by atoms with Crippen LogP contribution in [0.4, 0.5) is 0 Å². The Morgan fingerprint density at radius 1 is 0.615 bits per heavy atom. The Hall–Kier alpha value is -2.92. The molecule has 0 unspecified atom stereocenters. The number of aromatic nitrogens is 2. The average molecular weight is 638 g/mol. The van der Waals surface area contributed by atoms with Crippen molar-refractivity contribution in [1.29, 1.82) is 0 Å². The molecule has 0 atom stereocenters. The van der Waals surface area contributed by atoms with Gasteiger partial charge in [-0.1, -0.05) is 121 Å². The van der Waals surface area contributed by atoms with Gasteiger partial charge in [0.2, 0.25) is 0 Å². The van der Waals surface area contributed by atoms with Gasteiger partial charge in [-0.25, -0.2) is 0 Å². The third-order valence-electron chi connectivity index (χ3n) is 4.51. The van der Waals surface area contributed by atoms with Crippen LogP contribution in [0, 0.1) is 0 Å². The van der Waals surface area contributed by atoms with Crippen LogP contribution >= 0.6 is 48.0 Å². The van der Waals surface area contributed by atoms with Crippen LogP contribution in [0.3, 0.4) is 0 Å². The number of nitrogens with zero attached hydrogens (tertiary/aromatic N) is 4. The summed E-state index contributed by atoms with van der Waals surface area (Å²) in [6, 6.07) is 31.7. The number of hydrogen-bond acceptors (Lipinski definition) is 8. The van der Waals surface area contributed by atoms with E-state index in [0.717, 1.165) is 22.9 Å². The van der Waals surface area contributed by atoms with Crippen molar-refractivity contribution >= 4 is 69.0 Å². The summed E-state index contributed by atoms with van der Waals surface area (Å²) in [6.07, 6.45) is 6.75. The monoisotopic (exact) mass is 637 g/mol. The van der Waals surface area contributed by atoms with Crippen LogP contribution in [0.2, 0.25) is 0 Å². The molecule has 0 fully saturated rings. The Morgan fingerprint density at radius 3 is 1.36 bits per heavy atom. The summed E-state index contributed by atoms with van der Waals surface area (Å²) >= 11 is 13.5. The maximum Gasteiger partial charge on any atom is 0.154 e. The number of thiocarbonyl (C=S) groups is 2. The van der Waals surface area contributed by atoms with Gasteiger partial charge < -0.3 is 0 Å². The van der Waals surface area contributed by atoms with Gasteiger partial charge in [-0.15, -0.1) is 0 Å². The number of hydrogen-bond donors (Lipinski definition) is 2. The fourth-order valence-corrected chi connectivity index (χ4v) is 4.39. The van der Waals surface area contributed by atoms with Crippen molar-refractivity contribution in [2.24, 2.45) is 10.2 Å². The number of pyridine rings is 2. The zero-order chi connectivity index (χ0) is 26.7. The molecule has 0 bridgehead atoms. The van der Waals surface area contributed by atoms with Crippen molar-refractivity contribution in [2.75, 3.05) is 0 Å². The minimum atomic E-state index is 0. The Morgan fingerprint density at radius 2 is 1.00 bits per heavy atom. The van der Waals surface area contributed by atoms with E-state index in [0.29, 0.717) is 8.64 Å². The molecule has 0 aliphatic rings. The second-order valence-electron chi connectivity index (χ2n) is 7.37. The van der Waals surface area contributed by atoms with Crippen LogP contribution in [0.5, 0.6) is 0 Å². The summed E-state index contributed by atoms with van der Waals surface area (Å²) in [4.78, 5) is 8.26. The minimum absolute atomic E-state index is 0. The molecule has 0 aliphatic heterocycles. The van der Waals surface area contributed by atoms with Gasteiger partial charge >= 0.3 is 0 Å². The van der Waals surface area contributed by atoms with E-state index in [9.17, 15) is 0 Å². The predicted molar refractivity (Wildman–Crippen MR) is 171 cm³/mol. The van der Waals surface area contributed by atoms with Gasteiger partial charge in [0.25, 0.3) is 0 Å². The van der Waals surface area contributed by atoms with Crippen molar-refractivity contribution in [3.05, 3.63) is 132 Å². The summed E-state index contributed by atoms with van der Waals surface area (Å²) in [5.41, 5.74) is 9.73. The van der Waals surface area contributed by atoms with Gasteiger partial charge in [0.1, 0.15) is 0 Å². The standard InChI is InChI=1S/2C14H13N3S2.Cu/c2*18-14(19-11-12-6-2-1-3-7-12)17-16-10-13-8-4-5-9-15-13;/h2*1-10H,11H2,(H,17,18);. The van der Waals surface area contributed by atoms with Gasteiger partial charge in [0.05, 0.1) is 23.8 Å². The molecule has 2 aromatic carbocycles. The first-order chi connectivity index (χ1) is 18.7. The first-order valence-corrected chi connectivity index (χ1v) is 14.3. The molecule has 2 aromatic heterocycles. The van der Waals surface area contributed by atoms with Crippen molar-refractivity contribution in [3.8, 4) is 0 Å².